The fourth-order valence-corrected chi connectivity index (χ4v) is 6.41. The number of nitrogens with one attached hydrogen (secondary N) is 1. The number of fused-ring (bicyclic) bond motifs is 1. The van der Waals surface area contributed by atoms with Gasteiger partial charge in [-0.3, -0.25) is 9.32 Å². The minimum absolute atomic E-state index is 0.0631. The van der Waals surface area contributed by atoms with Crippen LogP contribution in [-0.2, 0) is 29.0 Å². The number of hydrogen-bond donors (Lipinski definition) is 3. The molecule has 1 aliphatic heterocycles. The van der Waals surface area contributed by atoms with Crippen LogP contribution in [0.1, 0.15) is 45.0 Å². The van der Waals surface area contributed by atoms with Crippen LogP contribution >= 0.6 is 7.75 Å². The highest BCUT2D eigenvalue weighted by atomic mass is 31.2. The van der Waals surface area contributed by atoms with Crippen molar-refractivity contribution in [2.45, 2.75) is 76.7 Å². The Morgan fingerprint density at radius 2 is 1.86 bits per heavy atom. The number of carbonyl (C=O) groups excluding carboxylic acids is 1. The van der Waals surface area contributed by atoms with Crippen molar-refractivity contribution in [3.63, 3.8) is 0 Å². The monoisotopic (exact) mass is 644 g/mol. The lowest BCUT2D eigenvalue weighted by Gasteiger charge is -2.33. The lowest BCUT2D eigenvalue weighted by atomic mass is 9.90. The van der Waals surface area contributed by atoms with Gasteiger partial charge < -0.3 is 24.2 Å². The predicted molar refractivity (Wildman–Crippen MR) is 151 cm³/mol. The van der Waals surface area contributed by atoms with E-state index in [1.165, 1.54) is 25.1 Å². The van der Waals surface area contributed by atoms with Crippen LogP contribution < -0.4 is 9.61 Å². The number of aryl methyl sites for hydroxylation is 1. The van der Waals surface area contributed by atoms with E-state index in [0.29, 0.717) is 5.69 Å². The molecule has 12 nitrogen and oxygen atoms in total. The van der Waals surface area contributed by atoms with Crippen LogP contribution in [0.15, 0.2) is 48.8 Å². The fraction of sp³-hybridized carbons (Fsp3) is 0.536. The van der Waals surface area contributed by atoms with Gasteiger partial charge in [0.25, 0.3) is 0 Å². The van der Waals surface area contributed by atoms with Gasteiger partial charge in [-0.2, -0.15) is 23.4 Å². The van der Waals surface area contributed by atoms with Gasteiger partial charge >= 0.3 is 19.9 Å². The van der Waals surface area contributed by atoms with E-state index in [4.69, 9.17) is 18.5 Å². The number of ether oxygens (including phenoxy) is 2. The number of benzene rings is 1. The highest BCUT2D eigenvalue weighted by Crippen LogP contribution is 2.52. The zero-order valence-electron chi connectivity index (χ0n) is 24.6. The maximum Gasteiger partial charge on any atom is 0.459 e. The molecule has 3 aromatic rings. The molecule has 3 heterocycles. The molecule has 1 saturated heterocycles. The van der Waals surface area contributed by atoms with E-state index in [1.54, 1.807) is 25.1 Å². The second kappa shape index (κ2) is 13.5. The zero-order chi connectivity index (χ0) is 32.3. The number of aliphatic hydroxyl groups is 2. The summed E-state index contributed by atoms with van der Waals surface area (Å²) in [6.07, 6.45) is -9.13. The minimum atomic E-state index is -5.25. The van der Waals surface area contributed by atoms with Crippen LogP contribution in [-0.4, -0.2) is 74.5 Å². The Balaban J connectivity index is 1.59. The van der Waals surface area contributed by atoms with Crippen LogP contribution in [0.4, 0.5) is 13.2 Å². The number of nitrogens with zero attached hydrogens (tertiary/aromatic N) is 3. The van der Waals surface area contributed by atoms with Crippen molar-refractivity contribution in [1.29, 1.82) is 0 Å². The quantitative estimate of drug-likeness (QED) is 0.182. The number of halogens is 3. The maximum atomic E-state index is 14.8. The summed E-state index contributed by atoms with van der Waals surface area (Å²) in [5.74, 6) is -0.559. The number of hydrogen-bond acceptors (Lipinski definition) is 10. The lowest BCUT2D eigenvalue weighted by molar-refractivity contribution is -0.301. The van der Waals surface area contributed by atoms with Gasteiger partial charge in [-0.1, -0.05) is 44.9 Å². The largest absolute Gasteiger partial charge is 0.464 e. The highest BCUT2D eigenvalue weighted by molar-refractivity contribution is 7.52. The SMILES string of the molecule is CCC(CC)COC(=O)[C@H](C)N[P@](=O)(OC[C@H]1O[C@](c2ccc3c(C)ncnn23)(C(F)(F)F)[C@H](O)[C@@H]1O)Oc1ccccc1. The summed E-state index contributed by atoms with van der Waals surface area (Å²) in [6.45, 7) is 6.05. The van der Waals surface area contributed by atoms with Crippen molar-refractivity contribution in [3.05, 3.63) is 60.2 Å². The van der Waals surface area contributed by atoms with E-state index in [9.17, 15) is 32.7 Å². The second-order valence-electron chi connectivity index (χ2n) is 10.5. The third kappa shape index (κ3) is 6.77. The molecule has 1 aliphatic rings. The van der Waals surface area contributed by atoms with Crippen LogP contribution in [0.3, 0.4) is 0 Å². The van der Waals surface area contributed by atoms with E-state index < -0.39 is 62.1 Å². The summed E-state index contributed by atoms with van der Waals surface area (Å²) in [7, 11) is -4.53. The first-order chi connectivity index (χ1) is 20.8. The first kappa shape index (κ1) is 33.8. The number of esters is 1. The Morgan fingerprint density at radius 1 is 1.18 bits per heavy atom. The third-order valence-electron chi connectivity index (χ3n) is 7.60. The average molecular weight is 645 g/mol. The molecule has 0 bridgehead atoms. The number of carbonyl (C=O) groups is 1. The van der Waals surface area contributed by atoms with Gasteiger partial charge in [-0.05, 0) is 44.0 Å². The molecule has 2 aromatic heterocycles. The molecular formula is C28H36F3N4O8P. The van der Waals surface area contributed by atoms with Crippen LogP contribution in [0.5, 0.6) is 5.75 Å². The number of alkyl halides is 3. The third-order valence-corrected chi connectivity index (χ3v) is 9.25. The molecule has 16 heteroatoms. The Kier molecular flexibility index (Phi) is 10.4. The summed E-state index contributed by atoms with van der Waals surface area (Å²) >= 11 is 0. The molecule has 4 rings (SSSR count). The van der Waals surface area contributed by atoms with Crippen molar-refractivity contribution in [2.24, 2.45) is 5.92 Å². The zero-order valence-corrected chi connectivity index (χ0v) is 25.5. The molecule has 242 valence electrons. The van der Waals surface area contributed by atoms with Crippen LogP contribution in [0.25, 0.3) is 5.52 Å². The molecule has 0 amide bonds. The molecule has 0 unspecified atom stereocenters. The number of aliphatic hydroxyl groups excluding tert-OH is 2. The smallest absolute Gasteiger partial charge is 0.459 e. The number of para-hydroxylation sites is 1. The van der Waals surface area contributed by atoms with Gasteiger partial charge in [-0.25, -0.2) is 14.1 Å². The summed E-state index contributed by atoms with van der Waals surface area (Å²) < 4.78 is 80.9. The van der Waals surface area contributed by atoms with Gasteiger partial charge in [0.15, 0.2) is 0 Å². The Hall–Kier alpha value is -3.07. The summed E-state index contributed by atoms with van der Waals surface area (Å²) in [5.41, 5.74) is -3.44. The molecular weight excluding hydrogens is 608 g/mol. The Morgan fingerprint density at radius 3 is 2.50 bits per heavy atom. The summed E-state index contributed by atoms with van der Waals surface area (Å²) in [4.78, 5) is 16.6. The molecule has 0 spiro atoms. The number of aromatic nitrogens is 3. The van der Waals surface area contributed by atoms with Crippen molar-refractivity contribution >= 4 is 19.2 Å². The van der Waals surface area contributed by atoms with E-state index in [0.717, 1.165) is 29.8 Å². The van der Waals surface area contributed by atoms with Crippen molar-refractivity contribution < 1.29 is 51.3 Å². The fourth-order valence-electron chi connectivity index (χ4n) is 4.91. The maximum absolute atomic E-state index is 14.8. The van der Waals surface area contributed by atoms with E-state index >= 15 is 0 Å². The molecule has 1 aromatic carbocycles. The van der Waals surface area contributed by atoms with Gasteiger partial charge in [0.1, 0.15) is 36.4 Å². The standard InChI is InChI=1S/C28H36F3N4O8P/c1-5-19(6-2)14-40-26(38)18(4)34-44(39,43-20-10-8-7-9-11-20)41-15-22-24(36)25(37)27(42-22,28(29,30)31)23-13-12-21-17(3)32-16-33-35(21)23/h7-13,16,18-19,22,24-25,36-37H,5-6,14-15H2,1-4H3,(H,34,39)/t18-,22+,24+,25+,27-,44-/m0/s1. The molecule has 0 aliphatic carbocycles. The first-order valence-electron chi connectivity index (χ1n) is 14.1. The van der Waals surface area contributed by atoms with Crippen molar-refractivity contribution in [3.8, 4) is 5.75 Å². The normalized spacial score (nSPS) is 24.4. The van der Waals surface area contributed by atoms with Crippen LogP contribution in [0, 0.1) is 12.8 Å². The van der Waals surface area contributed by atoms with E-state index in [-0.39, 0.29) is 23.8 Å². The van der Waals surface area contributed by atoms with Crippen LogP contribution in [0.2, 0.25) is 0 Å². The van der Waals surface area contributed by atoms with Gasteiger partial charge in [0.05, 0.1) is 30.1 Å². The second-order valence-corrected chi connectivity index (χ2v) is 12.2. The van der Waals surface area contributed by atoms with Gasteiger partial charge in [0, 0.05) is 0 Å². The summed E-state index contributed by atoms with van der Waals surface area (Å²) in [5, 5.41) is 28.0. The van der Waals surface area contributed by atoms with E-state index in [2.05, 4.69) is 15.2 Å². The molecule has 6 atom stereocenters. The van der Waals surface area contributed by atoms with Crippen molar-refractivity contribution in [1.82, 2.24) is 19.7 Å². The van der Waals surface area contributed by atoms with Crippen molar-refractivity contribution in [2.75, 3.05) is 13.2 Å². The predicted octanol–water partition coefficient (Wildman–Crippen LogP) is 4.08. The minimum Gasteiger partial charge on any atom is -0.464 e. The Labute approximate surface area is 252 Å². The Bertz CT molecular complexity index is 1470. The molecule has 3 N–H and O–H groups in total. The molecule has 0 saturated carbocycles. The number of rotatable bonds is 13. The van der Waals surface area contributed by atoms with E-state index in [1.807, 2.05) is 13.8 Å². The van der Waals surface area contributed by atoms with Gasteiger partial charge in [0.2, 0.25) is 5.60 Å². The molecule has 44 heavy (non-hydrogen) atoms. The highest BCUT2D eigenvalue weighted by Gasteiger charge is 2.71. The molecule has 0 radical (unpaired) electrons. The molecule has 1 fully saturated rings. The van der Waals surface area contributed by atoms with Gasteiger partial charge in [-0.15, -0.1) is 0 Å². The topological polar surface area (TPSA) is 154 Å². The average Bonchev–Trinajstić information content (AvgIpc) is 3.53. The lowest BCUT2D eigenvalue weighted by Crippen LogP contribution is -2.52. The summed E-state index contributed by atoms with van der Waals surface area (Å²) in [6, 6.07) is 8.93. The first-order valence-corrected chi connectivity index (χ1v) is 15.6.